The van der Waals surface area contributed by atoms with E-state index < -0.39 is 0 Å². The van der Waals surface area contributed by atoms with Crippen molar-refractivity contribution in [3.05, 3.63) is 16.1 Å². The van der Waals surface area contributed by atoms with Gasteiger partial charge in [0.1, 0.15) is 5.01 Å². The van der Waals surface area contributed by atoms with Gasteiger partial charge in [0.2, 0.25) is 0 Å². The van der Waals surface area contributed by atoms with Gasteiger partial charge in [0.15, 0.2) is 5.96 Å². The Labute approximate surface area is 157 Å². The fourth-order valence-corrected chi connectivity index (χ4v) is 4.35. The molecule has 0 spiro atoms. The lowest BCUT2D eigenvalue weighted by Crippen LogP contribution is -2.48. The molecular formula is C19H35N5S. The van der Waals surface area contributed by atoms with Crippen LogP contribution in [0.25, 0.3) is 0 Å². The van der Waals surface area contributed by atoms with E-state index >= 15 is 0 Å². The van der Waals surface area contributed by atoms with Gasteiger partial charge >= 0.3 is 0 Å². The zero-order valence-electron chi connectivity index (χ0n) is 16.3. The third kappa shape index (κ3) is 6.59. The van der Waals surface area contributed by atoms with E-state index in [2.05, 4.69) is 48.5 Å². The second-order valence-corrected chi connectivity index (χ2v) is 8.28. The van der Waals surface area contributed by atoms with Crippen molar-refractivity contribution < 1.29 is 0 Å². The molecule has 0 bridgehead atoms. The second-order valence-electron chi connectivity index (χ2n) is 7.08. The van der Waals surface area contributed by atoms with Crippen LogP contribution in [0, 0.1) is 5.92 Å². The van der Waals surface area contributed by atoms with Gasteiger partial charge in [-0.15, -0.1) is 11.3 Å². The number of nitrogens with one attached hydrogen (secondary N) is 2. The van der Waals surface area contributed by atoms with Gasteiger partial charge in [0.25, 0.3) is 0 Å². The summed E-state index contributed by atoms with van der Waals surface area (Å²) >= 11 is 1.76. The van der Waals surface area contributed by atoms with Gasteiger partial charge < -0.3 is 15.5 Å². The minimum Gasteiger partial charge on any atom is -0.357 e. The second kappa shape index (κ2) is 10.8. The third-order valence-corrected chi connectivity index (χ3v) is 6.13. The molecule has 1 fully saturated rings. The standard InChI is InChI=1S/C19H35N5S/c1-5-16-12-21-18(25-16)14-23-19(20-6-2)22-13-17(24(3)4)15-10-8-7-9-11-15/h12,15,17H,5-11,13-14H2,1-4H3,(H2,20,22,23). The smallest absolute Gasteiger partial charge is 0.191 e. The molecule has 0 saturated heterocycles. The Morgan fingerprint density at radius 1 is 1.28 bits per heavy atom. The lowest BCUT2D eigenvalue weighted by Gasteiger charge is -2.35. The van der Waals surface area contributed by atoms with E-state index in [1.165, 1.54) is 37.0 Å². The van der Waals surface area contributed by atoms with Crippen LogP contribution < -0.4 is 10.6 Å². The molecule has 1 heterocycles. The molecule has 1 aliphatic carbocycles. The number of guanidine groups is 1. The molecule has 0 amide bonds. The van der Waals surface area contributed by atoms with Crippen LogP contribution in [0.15, 0.2) is 11.2 Å². The summed E-state index contributed by atoms with van der Waals surface area (Å²) in [6, 6.07) is 0.565. The van der Waals surface area contributed by atoms with Gasteiger partial charge in [0, 0.05) is 30.2 Å². The highest BCUT2D eigenvalue weighted by molar-refractivity contribution is 7.11. The Bertz CT molecular complexity index is 520. The van der Waals surface area contributed by atoms with Crippen molar-refractivity contribution in [3.63, 3.8) is 0 Å². The summed E-state index contributed by atoms with van der Waals surface area (Å²) < 4.78 is 0. The zero-order chi connectivity index (χ0) is 18.1. The highest BCUT2D eigenvalue weighted by Crippen LogP contribution is 2.28. The van der Waals surface area contributed by atoms with Crippen molar-refractivity contribution in [2.75, 3.05) is 27.2 Å². The fraction of sp³-hybridized carbons (Fsp3) is 0.789. The molecule has 6 heteroatoms. The summed E-state index contributed by atoms with van der Waals surface area (Å²) in [6.45, 7) is 6.75. The lowest BCUT2D eigenvalue weighted by atomic mass is 9.83. The number of hydrogen-bond donors (Lipinski definition) is 2. The van der Waals surface area contributed by atoms with E-state index in [0.29, 0.717) is 12.6 Å². The van der Waals surface area contributed by atoms with Crippen LogP contribution in [0.3, 0.4) is 0 Å². The largest absolute Gasteiger partial charge is 0.357 e. The maximum Gasteiger partial charge on any atom is 0.191 e. The average Bonchev–Trinajstić information content (AvgIpc) is 3.08. The molecule has 2 rings (SSSR count). The van der Waals surface area contributed by atoms with E-state index in [4.69, 9.17) is 4.99 Å². The first-order valence-electron chi connectivity index (χ1n) is 9.76. The molecule has 0 aliphatic heterocycles. The van der Waals surface area contributed by atoms with E-state index in [1.54, 1.807) is 11.3 Å². The Hall–Kier alpha value is -1.14. The molecule has 142 valence electrons. The Morgan fingerprint density at radius 2 is 2.04 bits per heavy atom. The van der Waals surface area contributed by atoms with Crippen LogP contribution in [-0.4, -0.2) is 49.1 Å². The summed E-state index contributed by atoms with van der Waals surface area (Å²) in [6.07, 6.45) is 9.91. The van der Waals surface area contributed by atoms with Crippen LogP contribution >= 0.6 is 11.3 Å². The van der Waals surface area contributed by atoms with Crippen LogP contribution in [0.1, 0.15) is 55.8 Å². The number of nitrogens with zero attached hydrogens (tertiary/aromatic N) is 3. The van der Waals surface area contributed by atoms with Crippen molar-refractivity contribution in [2.45, 2.75) is 65.0 Å². The molecule has 1 atom stereocenters. The molecule has 1 aromatic heterocycles. The third-order valence-electron chi connectivity index (χ3n) is 5.00. The van der Waals surface area contributed by atoms with Gasteiger partial charge in [0.05, 0.1) is 6.54 Å². The quantitative estimate of drug-likeness (QED) is 0.548. The van der Waals surface area contributed by atoms with Crippen LogP contribution in [0.5, 0.6) is 0 Å². The van der Waals surface area contributed by atoms with E-state index in [-0.39, 0.29) is 0 Å². The minimum atomic E-state index is 0.565. The molecule has 0 aromatic carbocycles. The molecule has 1 saturated carbocycles. The van der Waals surface area contributed by atoms with Crippen molar-refractivity contribution >= 4 is 17.3 Å². The van der Waals surface area contributed by atoms with Crippen molar-refractivity contribution in [1.82, 2.24) is 20.5 Å². The lowest BCUT2D eigenvalue weighted by molar-refractivity contribution is 0.171. The summed E-state index contributed by atoms with van der Waals surface area (Å²) in [5.74, 6) is 1.70. The molecule has 1 aliphatic rings. The SMILES string of the molecule is CCNC(=NCc1ncc(CC)s1)NCC(C1CCCCC1)N(C)C. The fourth-order valence-electron chi connectivity index (χ4n) is 3.56. The predicted octanol–water partition coefficient (Wildman–Crippen LogP) is 3.27. The Balaban J connectivity index is 1.92. The van der Waals surface area contributed by atoms with Crippen LogP contribution in [0.4, 0.5) is 0 Å². The highest BCUT2D eigenvalue weighted by Gasteiger charge is 2.25. The van der Waals surface area contributed by atoms with Crippen molar-refractivity contribution in [2.24, 2.45) is 10.9 Å². The van der Waals surface area contributed by atoms with Gasteiger partial charge in [-0.1, -0.05) is 26.2 Å². The zero-order valence-corrected chi connectivity index (χ0v) is 17.2. The van der Waals surface area contributed by atoms with Crippen molar-refractivity contribution in [3.8, 4) is 0 Å². The first kappa shape index (κ1) is 20.2. The molecule has 5 nitrogen and oxygen atoms in total. The van der Waals surface area contributed by atoms with Crippen LogP contribution in [-0.2, 0) is 13.0 Å². The Kier molecular flexibility index (Phi) is 8.68. The van der Waals surface area contributed by atoms with Gasteiger partial charge in [-0.3, -0.25) is 0 Å². The predicted molar refractivity (Wildman–Crippen MR) is 108 cm³/mol. The van der Waals surface area contributed by atoms with Crippen molar-refractivity contribution in [1.29, 1.82) is 0 Å². The van der Waals surface area contributed by atoms with Gasteiger partial charge in [-0.2, -0.15) is 0 Å². The normalized spacial score (nSPS) is 17.7. The molecule has 1 unspecified atom stereocenters. The van der Waals surface area contributed by atoms with Crippen LogP contribution in [0.2, 0.25) is 0 Å². The molecule has 1 aromatic rings. The molecule has 0 radical (unpaired) electrons. The molecule has 2 N–H and O–H groups in total. The number of thiazole rings is 1. The number of hydrogen-bond acceptors (Lipinski definition) is 4. The topological polar surface area (TPSA) is 52.6 Å². The average molecular weight is 366 g/mol. The summed E-state index contributed by atoms with van der Waals surface area (Å²) in [7, 11) is 4.40. The maximum atomic E-state index is 4.73. The number of aromatic nitrogens is 1. The summed E-state index contributed by atoms with van der Waals surface area (Å²) in [5, 5.41) is 8.02. The minimum absolute atomic E-state index is 0.565. The maximum absolute atomic E-state index is 4.73. The molecular weight excluding hydrogens is 330 g/mol. The van der Waals surface area contributed by atoms with Gasteiger partial charge in [-0.05, 0) is 46.2 Å². The number of likely N-dealkylation sites (N-methyl/N-ethyl adjacent to an activating group) is 1. The number of rotatable bonds is 8. The van der Waals surface area contributed by atoms with Gasteiger partial charge in [-0.25, -0.2) is 9.98 Å². The van der Waals surface area contributed by atoms with E-state index in [1.807, 2.05) is 6.20 Å². The monoisotopic (exact) mass is 365 g/mol. The first-order chi connectivity index (χ1) is 12.1. The van der Waals surface area contributed by atoms with E-state index in [0.717, 1.165) is 36.4 Å². The number of aryl methyl sites for hydroxylation is 1. The Morgan fingerprint density at radius 3 is 2.64 bits per heavy atom. The summed E-state index contributed by atoms with van der Waals surface area (Å²) in [4.78, 5) is 12.9. The number of aliphatic imine (C=N–C) groups is 1. The highest BCUT2D eigenvalue weighted by atomic mass is 32.1. The molecule has 25 heavy (non-hydrogen) atoms. The first-order valence-corrected chi connectivity index (χ1v) is 10.6. The summed E-state index contributed by atoms with van der Waals surface area (Å²) in [5.41, 5.74) is 0. The van der Waals surface area contributed by atoms with E-state index in [9.17, 15) is 0 Å².